The number of hydrogen-bond acceptors (Lipinski definition) is 4. The molecule has 0 saturated heterocycles. The lowest BCUT2D eigenvalue weighted by Gasteiger charge is -2.04. The first-order chi connectivity index (χ1) is 6.19. The summed E-state index contributed by atoms with van der Waals surface area (Å²) in [5.41, 5.74) is 6.04. The number of nitrogens with zero attached hydrogens (tertiary/aromatic N) is 1. The maximum atomic E-state index is 9.32. The second-order valence-electron chi connectivity index (χ2n) is 2.65. The average molecular weight is 178 g/mol. The van der Waals surface area contributed by atoms with Crippen molar-refractivity contribution >= 4 is 0 Å². The molecule has 0 spiro atoms. The van der Waals surface area contributed by atoms with Crippen LogP contribution in [0.4, 0.5) is 0 Å². The normalized spacial score (nSPS) is 9.54. The van der Waals surface area contributed by atoms with Crippen molar-refractivity contribution in [3.8, 4) is 17.6 Å². The van der Waals surface area contributed by atoms with Gasteiger partial charge >= 0.3 is 0 Å². The molecular formula is C9H10N2O2. The molecule has 1 aromatic rings. The van der Waals surface area contributed by atoms with Gasteiger partial charge in [-0.2, -0.15) is 5.26 Å². The Morgan fingerprint density at radius 3 is 2.54 bits per heavy atom. The van der Waals surface area contributed by atoms with Crippen LogP contribution in [0.5, 0.6) is 11.5 Å². The quantitative estimate of drug-likeness (QED) is 0.614. The molecule has 0 saturated carbocycles. The molecule has 0 aliphatic heterocycles. The van der Waals surface area contributed by atoms with Crippen molar-refractivity contribution in [3.63, 3.8) is 0 Å². The van der Waals surface area contributed by atoms with Gasteiger partial charge in [-0.1, -0.05) is 0 Å². The van der Waals surface area contributed by atoms with Gasteiger partial charge in [0.1, 0.15) is 17.6 Å². The van der Waals surface area contributed by atoms with Crippen LogP contribution in [0, 0.1) is 11.3 Å². The molecule has 0 bridgehead atoms. The largest absolute Gasteiger partial charge is 0.508 e. The summed E-state index contributed by atoms with van der Waals surface area (Å²) in [6.45, 7) is 0.392. The zero-order valence-corrected chi connectivity index (χ0v) is 6.99. The number of rotatable bonds is 2. The van der Waals surface area contributed by atoms with Gasteiger partial charge in [0.05, 0.1) is 5.56 Å². The minimum atomic E-state index is -0.208. The van der Waals surface area contributed by atoms with Crippen molar-refractivity contribution in [1.29, 1.82) is 5.26 Å². The van der Waals surface area contributed by atoms with Crippen molar-refractivity contribution in [1.82, 2.24) is 0 Å². The Kier molecular flexibility index (Phi) is 2.72. The van der Waals surface area contributed by atoms with E-state index in [1.54, 1.807) is 0 Å². The molecule has 0 unspecified atom stereocenters. The predicted molar refractivity (Wildman–Crippen MR) is 47.2 cm³/mol. The lowest BCUT2D eigenvalue weighted by Crippen LogP contribution is -2.03. The first-order valence-corrected chi connectivity index (χ1v) is 3.84. The first kappa shape index (κ1) is 9.36. The van der Waals surface area contributed by atoms with Crippen molar-refractivity contribution in [2.75, 3.05) is 6.54 Å². The summed E-state index contributed by atoms with van der Waals surface area (Å²) in [6.07, 6.45) is 0.487. The van der Waals surface area contributed by atoms with Crippen LogP contribution in [0.3, 0.4) is 0 Å². The second kappa shape index (κ2) is 3.78. The zero-order chi connectivity index (χ0) is 9.84. The summed E-state index contributed by atoms with van der Waals surface area (Å²) in [5, 5.41) is 27.1. The van der Waals surface area contributed by atoms with E-state index in [-0.39, 0.29) is 17.1 Å². The van der Waals surface area contributed by atoms with Gasteiger partial charge in [-0.25, -0.2) is 0 Å². The third-order valence-corrected chi connectivity index (χ3v) is 1.73. The van der Waals surface area contributed by atoms with E-state index < -0.39 is 0 Å². The van der Waals surface area contributed by atoms with E-state index in [9.17, 15) is 10.2 Å². The Bertz CT molecular complexity index is 355. The number of phenolic OH excluding ortho intramolecular Hbond substituents is 2. The lowest BCUT2D eigenvalue weighted by atomic mass is 10.1. The number of benzene rings is 1. The van der Waals surface area contributed by atoms with Gasteiger partial charge in [0, 0.05) is 6.07 Å². The standard InChI is InChI=1S/C9H10N2O2/c10-2-1-6-3-7(5-11)9(13)4-8(6)12/h3-4,12-13H,1-2,10H2. The topological polar surface area (TPSA) is 90.3 Å². The fourth-order valence-corrected chi connectivity index (χ4v) is 1.07. The zero-order valence-electron chi connectivity index (χ0n) is 6.99. The molecule has 4 heteroatoms. The Balaban J connectivity index is 3.16. The van der Waals surface area contributed by atoms with Crippen LogP contribution in [0.1, 0.15) is 11.1 Å². The van der Waals surface area contributed by atoms with Gasteiger partial charge < -0.3 is 15.9 Å². The van der Waals surface area contributed by atoms with Crippen LogP contribution in [0.15, 0.2) is 12.1 Å². The molecule has 0 aliphatic carbocycles. The van der Waals surface area contributed by atoms with Crippen LogP contribution < -0.4 is 5.73 Å². The van der Waals surface area contributed by atoms with Crippen molar-refractivity contribution in [2.45, 2.75) is 6.42 Å². The highest BCUT2D eigenvalue weighted by Crippen LogP contribution is 2.26. The van der Waals surface area contributed by atoms with Crippen LogP contribution in [0.25, 0.3) is 0 Å². The Morgan fingerprint density at radius 2 is 2.00 bits per heavy atom. The predicted octanol–water partition coefficient (Wildman–Crippen LogP) is 0.471. The summed E-state index contributed by atoms with van der Waals surface area (Å²) < 4.78 is 0. The Labute approximate surface area is 75.8 Å². The summed E-state index contributed by atoms with van der Waals surface area (Å²) in [7, 11) is 0. The van der Waals surface area contributed by atoms with E-state index in [1.165, 1.54) is 6.07 Å². The SMILES string of the molecule is N#Cc1cc(CCN)c(O)cc1O. The first-order valence-electron chi connectivity index (χ1n) is 3.84. The molecule has 1 aromatic carbocycles. The van der Waals surface area contributed by atoms with E-state index >= 15 is 0 Å². The van der Waals surface area contributed by atoms with Gasteiger partial charge in [0.2, 0.25) is 0 Å². The third kappa shape index (κ3) is 1.89. The molecule has 4 nitrogen and oxygen atoms in total. The van der Waals surface area contributed by atoms with E-state index in [4.69, 9.17) is 11.0 Å². The van der Waals surface area contributed by atoms with Gasteiger partial charge in [0.25, 0.3) is 0 Å². The highest BCUT2D eigenvalue weighted by Gasteiger charge is 2.06. The number of nitriles is 1. The Morgan fingerprint density at radius 1 is 1.31 bits per heavy atom. The molecule has 0 amide bonds. The molecule has 0 aliphatic rings. The lowest BCUT2D eigenvalue weighted by molar-refractivity contribution is 0.445. The summed E-state index contributed by atoms with van der Waals surface area (Å²) in [5.74, 6) is -0.234. The van der Waals surface area contributed by atoms with E-state index in [2.05, 4.69) is 0 Å². The number of nitrogens with two attached hydrogens (primary N) is 1. The van der Waals surface area contributed by atoms with Crippen molar-refractivity contribution < 1.29 is 10.2 Å². The fourth-order valence-electron chi connectivity index (χ4n) is 1.07. The van der Waals surface area contributed by atoms with Gasteiger partial charge in [-0.05, 0) is 24.6 Å². The monoisotopic (exact) mass is 178 g/mol. The number of aromatic hydroxyl groups is 2. The van der Waals surface area contributed by atoms with Crippen molar-refractivity contribution in [2.24, 2.45) is 5.73 Å². The molecule has 0 radical (unpaired) electrons. The molecule has 1 rings (SSSR count). The van der Waals surface area contributed by atoms with E-state index in [0.717, 1.165) is 6.07 Å². The highest BCUT2D eigenvalue weighted by atomic mass is 16.3. The molecule has 68 valence electrons. The second-order valence-corrected chi connectivity index (χ2v) is 2.65. The summed E-state index contributed by atoms with van der Waals surface area (Å²) in [6, 6.07) is 4.42. The van der Waals surface area contributed by atoms with Gasteiger partial charge in [-0.3, -0.25) is 0 Å². The van der Waals surface area contributed by atoms with Gasteiger partial charge in [-0.15, -0.1) is 0 Å². The molecule has 0 fully saturated rings. The molecular weight excluding hydrogens is 168 g/mol. The minimum absolute atomic E-state index is 0.0260. The van der Waals surface area contributed by atoms with E-state index in [1.807, 2.05) is 6.07 Å². The summed E-state index contributed by atoms with van der Waals surface area (Å²) in [4.78, 5) is 0. The minimum Gasteiger partial charge on any atom is -0.508 e. The van der Waals surface area contributed by atoms with Crippen LogP contribution in [-0.2, 0) is 6.42 Å². The maximum absolute atomic E-state index is 9.32. The van der Waals surface area contributed by atoms with Crippen LogP contribution in [0.2, 0.25) is 0 Å². The number of hydrogen-bond donors (Lipinski definition) is 3. The molecule has 0 heterocycles. The van der Waals surface area contributed by atoms with E-state index in [0.29, 0.717) is 18.5 Å². The maximum Gasteiger partial charge on any atom is 0.137 e. The molecule has 0 aromatic heterocycles. The van der Waals surface area contributed by atoms with Gasteiger partial charge in [0.15, 0.2) is 0 Å². The van der Waals surface area contributed by atoms with Crippen molar-refractivity contribution in [3.05, 3.63) is 23.3 Å². The molecule has 13 heavy (non-hydrogen) atoms. The third-order valence-electron chi connectivity index (χ3n) is 1.73. The van der Waals surface area contributed by atoms with Crippen LogP contribution >= 0.6 is 0 Å². The molecule has 0 atom stereocenters. The average Bonchev–Trinajstić information content (AvgIpc) is 2.10. The number of phenols is 2. The highest BCUT2D eigenvalue weighted by molar-refractivity contribution is 5.50. The molecule has 4 N–H and O–H groups in total. The summed E-state index contributed by atoms with van der Waals surface area (Å²) >= 11 is 0. The smallest absolute Gasteiger partial charge is 0.137 e. The Hall–Kier alpha value is -1.73. The van der Waals surface area contributed by atoms with Crippen LogP contribution in [-0.4, -0.2) is 16.8 Å². The fraction of sp³-hybridized carbons (Fsp3) is 0.222.